The Morgan fingerprint density at radius 1 is 1.47 bits per heavy atom. The van der Waals surface area contributed by atoms with Gasteiger partial charge in [-0.25, -0.2) is 4.79 Å². The van der Waals surface area contributed by atoms with Crippen molar-refractivity contribution in [1.82, 2.24) is 10.2 Å². The zero-order valence-corrected chi connectivity index (χ0v) is 13.2. The number of rotatable bonds is 6. The first-order valence-corrected chi connectivity index (χ1v) is 8.40. The van der Waals surface area contributed by atoms with Gasteiger partial charge in [0.05, 0.1) is 6.10 Å². The van der Waals surface area contributed by atoms with Crippen LogP contribution in [-0.4, -0.2) is 52.8 Å². The highest BCUT2D eigenvalue weighted by Gasteiger charge is 2.27. The van der Waals surface area contributed by atoms with Crippen LogP contribution < -0.4 is 5.32 Å². The van der Waals surface area contributed by atoms with Gasteiger partial charge in [0, 0.05) is 24.9 Å². The van der Waals surface area contributed by atoms with Crippen LogP contribution in [0.3, 0.4) is 0 Å². The van der Waals surface area contributed by atoms with Gasteiger partial charge in [0.25, 0.3) is 0 Å². The van der Waals surface area contributed by atoms with Crippen LogP contribution in [0.5, 0.6) is 0 Å². The largest absolute Gasteiger partial charge is 0.393 e. The second kappa shape index (κ2) is 8.69. The van der Waals surface area contributed by atoms with Crippen molar-refractivity contribution >= 4 is 17.8 Å². The number of thioether (sulfide) groups is 1. The Morgan fingerprint density at radius 3 is 2.79 bits per heavy atom. The molecule has 2 amide bonds. The molecule has 19 heavy (non-hydrogen) atoms. The molecule has 1 fully saturated rings. The predicted octanol–water partition coefficient (Wildman–Crippen LogP) is 2.46. The van der Waals surface area contributed by atoms with E-state index >= 15 is 0 Å². The van der Waals surface area contributed by atoms with Gasteiger partial charge >= 0.3 is 6.03 Å². The molecule has 0 aliphatic heterocycles. The van der Waals surface area contributed by atoms with Crippen molar-refractivity contribution in [2.75, 3.05) is 19.3 Å². The van der Waals surface area contributed by atoms with E-state index in [1.807, 2.05) is 11.8 Å². The summed E-state index contributed by atoms with van der Waals surface area (Å²) < 4.78 is 0. The molecule has 3 atom stereocenters. The van der Waals surface area contributed by atoms with E-state index in [4.69, 9.17) is 0 Å². The SMILES string of the molecule is CCSC1CCCCC1NC(=O)N(C)CCC(C)O. The van der Waals surface area contributed by atoms with Gasteiger partial charge in [0.1, 0.15) is 0 Å². The van der Waals surface area contributed by atoms with Gasteiger partial charge in [-0.15, -0.1) is 0 Å². The lowest BCUT2D eigenvalue weighted by Gasteiger charge is -2.33. The number of carbonyl (C=O) groups excluding carboxylic acids is 1. The van der Waals surface area contributed by atoms with Crippen molar-refractivity contribution in [3.63, 3.8) is 0 Å². The second-order valence-corrected chi connectivity index (χ2v) is 6.91. The average Bonchev–Trinajstić information content (AvgIpc) is 2.38. The molecular formula is C14H28N2O2S. The van der Waals surface area contributed by atoms with Gasteiger partial charge in [-0.1, -0.05) is 19.8 Å². The lowest BCUT2D eigenvalue weighted by molar-refractivity contribution is 0.161. The third-order valence-electron chi connectivity index (χ3n) is 3.62. The summed E-state index contributed by atoms with van der Waals surface area (Å²) in [4.78, 5) is 13.8. The highest BCUT2D eigenvalue weighted by atomic mass is 32.2. The second-order valence-electron chi connectivity index (χ2n) is 5.39. The van der Waals surface area contributed by atoms with Crippen LogP contribution in [0.2, 0.25) is 0 Å². The van der Waals surface area contributed by atoms with Crippen molar-refractivity contribution in [3.05, 3.63) is 0 Å². The van der Waals surface area contributed by atoms with Gasteiger partial charge in [-0.2, -0.15) is 11.8 Å². The third kappa shape index (κ3) is 6.04. The zero-order valence-electron chi connectivity index (χ0n) is 12.4. The zero-order chi connectivity index (χ0) is 14.3. The maximum atomic E-state index is 12.1. The van der Waals surface area contributed by atoms with E-state index < -0.39 is 0 Å². The minimum atomic E-state index is -0.353. The Morgan fingerprint density at radius 2 is 2.16 bits per heavy atom. The average molecular weight is 288 g/mol. The van der Waals surface area contributed by atoms with E-state index in [1.54, 1.807) is 18.9 Å². The van der Waals surface area contributed by atoms with Gasteiger partial charge in [0.15, 0.2) is 0 Å². The molecule has 1 aliphatic rings. The van der Waals surface area contributed by atoms with E-state index in [0.717, 1.165) is 12.2 Å². The van der Waals surface area contributed by atoms with Crippen LogP contribution in [0.4, 0.5) is 4.79 Å². The molecule has 1 rings (SSSR count). The minimum absolute atomic E-state index is 0.00532. The fourth-order valence-electron chi connectivity index (χ4n) is 2.43. The first kappa shape index (κ1) is 16.6. The van der Waals surface area contributed by atoms with E-state index in [-0.39, 0.29) is 12.1 Å². The van der Waals surface area contributed by atoms with Gasteiger partial charge in [0.2, 0.25) is 0 Å². The number of carbonyl (C=O) groups is 1. The quantitative estimate of drug-likeness (QED) is 0.789. The maximum absolute atomic E-state index is 12.1. The molecular weight excluding hydrogens is 260 g/mol. The van der Waals surface area contributed by atoms with E-state index in [9.17, 15) is 9.90 Å². The number of urea groups is 1. The van der Waals surface area contributed by atoms with Crippen molar-refractivity contribution < 1.29 is 9.90 Å². The molecule has 0 bridgehead atoms. The standard InChI is InChI=1S/C14H28N2O2S/c1-4-19-13-8-6-5-7-12(13)15-14(18)16(3)10-9-11(2)17/h11-13,17H,4-10H2,1-3H3,(H,15,18). The first-order valence-electron chi connectivity index (χ1n) is 7.35. The van der Waals surface area contributed by atoms with Crippen molar-refractivity contribution in [3.8, 4) is 0 Å². The molecule has 5 heteroatoms. The molecule has 112 valence electrons. The van der Waals surface area contributed by atoms with Crippen LogP contribution >= 0.6 is 11.8 Å². The van der Waals surface area contributed by atoms with Crippen molar-refractivity contribution in [1.29, 1.82) is 0 Å². The minimum Gasteiger partial charge on any atom is -0.393 e. The Hall–Kier alpha value is -0.420. The normalized spacial score (nSPS) is 24.8. The maximum Gasteiger partial charge on any atom is 0.317 e. The molecule has 0 spiro atoms. The number of aliphatic hydroxyl groups is 1. The summed E-state index contributed by atoms with van der Waals surface area (Å²) in [6, 6.07) is 0.300. The number of nitrogens with one attached hydrogen (secondary N) is 1. The summed E-state index contributed by atoms with van der Waals surface area (Å²) in [6.45, 7) is 4.52. The molecule has 0 aromatic heterocycles. The summed E-state index contributed by atoms with van der Waals surface area (Å²) in [5.41, 5.74) is 0. The fourth-order valence-corrected chi connectivity index (χ4v) is 3.62. The lowest BCUT2D eigenvalue weighted by Crippen LogP contribution is -2.49. The number of hydrogen-bond acceptors (Lipinski definition) is 3. The predicted molar refractivity (Wildman–Crippen MR) is 81.6 cm³/mol. The molecule has 1 aliphatic carbocycles. The number of nitrogens with zero attached hydrogens (tertiary/aromatic N) is 1. The van der Waals surface area contributed by atoms with Crippen molar-refractivity contribution in [2.45, 2.75) is 63.3 Å². The van der Waals surface area contributed by atoms with Gasteiger partial charge < -0.3 is 15.3 Å². The summed E-state index contributed by atoms with van der Waals surface area (Å²) in [5, 5.41) is 13.0. The smallest absolute Gasteiger partial charge is 0.317 e. The van der Waals surface area contributed by atoms with E-state index in [1.165, 1.54) is 19.3 Å². The van der Waals surface area contributed by atoms with Crippen LogP contribution in [0.1, 0.15) is 46.0 Å². The molecule has 2 N–H and O–H groups in total. The molecule has 0 heterocycles. The summed E-state index contributed by atoms with van der Waals surface area (Å²) in [7, 11) is 1.79. The molecule has 0 aromatic carbocycles. The summed E-state index contributed by atoms with van der Waals surface area (Å²) >= 11 is 1.96. The Bertz CT molecular complexity index is 272. The Kier molecular flexibility index (Phi) is 7.61. The molecule has 4 nitrogen and oxygen atoms in total. The monoisotopic (exact) mass is 288 g/mol. The molecule has 1 saturated carbocycles. The third-order valence-corrected chi connectivity index (χ3v) is 4.95. The molecule has 3 unspecified atom stereocenters. The Labute approximate surface area is 121 Å². The van der Waals surface area contributed by atoms with Gasteiger partial charge in [-0.3, -0.25) is 0 Å². The van der Waals surface area contributed by atoms with E-state index in [2.05, 4.69) is 12.2 Å². The lowest BCUT2D eigenvalue weighted by atomic mass is 9.95. The summed E-state index contributed by atoms with van der Waals surface area (Å²) in [5.74, 6) is 1.11. The van der Waals surface area contributed by atoms with Crippen LogP contribution in [0, 0.1) is 0 Å². The van der Waals surface area contributed by atoms with Crippen LogP contribution in [0.25, 0.3) is 0 Å². The number of hydrogen-bond donors (Lipinski definition) is 2. The van der Waals surface area contributed by atoms with Gasteiger partial charge in [-0.05, 0) is 31.9 Å². The first-order chi connectivity index (χ1) is 9.04. The molecule has 0 aromatic rings. The topological polar surface area (TPSA) is 52.6 Å². The van der Waals surface area contributed by atoms with Crippen molar-refractivity contribution in [2.24, 2.45) is 0 Å². The fraction of sp³-hybridized carbons (Fsp3) is 0.929. The molecule has 0 radical (unpaired) electrons. The number of aliphatic hydroxyl groups excluding tert-OH is 1. The highest BCUT2D eigenvalue weighted by Crippen LogP contribution is 2.28. The summed E-state index contributed by atoms with van der Waals surface area (Å²) in [6.07, 6.45) is 5.06. The highest BCUT2D eigenvalue weighted by molar-refractivity contribution is 7.99. The molecule has 0 saturated heterocycles. The number of amides is 2. The van der Waals surface area contributed by atoms with Crippen LogP contribution in [-0.2, 0) is 0 Å². The Balaban J connectivity index is 2.40. The van der Waals surface area contributed by atoms with E-state index in [0.29, 0.717) is 24.3 Å². The van der Waals surface area contributed by atoms with Crippen LogP contribution in [0.15, 0.2) is 0 Å².